The van der Waals surface area contributed by atoms with Gasteiger partial charge in [-0.05, 0) is 48.7 Å². The van der Waals surface area contributed by atoms with Crippen LogP contribution in [0.5, 0.6) is 0 Å². The Bertz CT molecular complexity index is 1070. The van der Waals surface area contributed by atoms with E-state index in [2.05, 4.69) is 10.3 Å². The van der Waals surface area contributed by atoms with Gasteiger partial charge in [0, 0.05) is 12.0 Å². The molecule has 27 heavy (non-hydrogen) atoms. The van der Waals surface area contributed by atoms with Crippen molar-refractivity contribution in [3.05, 3.63) is 76.3 Å². The Labute approximate surface area is 153 Å². The molecular formula is C20H17F2N3O2. The normalized spacial score (nSPS) is 14.9. The highest BCUT2D eigenvalue weighted by Gasteiger charge is 2.44. The molecular weight excluding hydrogens is 352 g/mol. The molecule has 1 fully saturated rings. The summed E-state index contributed by atoms with van der Waals surface area (Å²) >= 11 is 0. The molecule has 0 spiro atoms. The standard InChI is InChI=1S/C20H17F2N3O2/c21-14-3-1-13(2-4-14)20(7-8-20)11-23-18(26)10-25-12-24-17-6-5-15(22)9-16(17)19(25)27/h1-6,9,12H,7-8,10-11H2,(H,23,26). The molecule has 1 heterocycles. The molecule has 0 atom stereocenters. The SMILES string of the molecule is O=C(Cn1cnc2ccc(F)cc2c1=O)NCC1(c2ccc(F)cc2)CC1. The summed E-state index contributed by atoms with van der Waals surface area (Å²) in [7, 11) is 0. The van der Waals surface area contributed by atoms with Gasteiger partial charge in [0.2, 0.25) is 5.91 Å². The number of amides is 1. The average molecular weight is 369 g/mol. The van der Waals surface area contributed by atoms with Crippen LogP contribution in [0.4, 0.5) is 8.78 Å². The van der Waals surface area contributed by atoms with Gasteiger partial charge in [0.05, 0.1) is 17.2 Å². The van der Waals surface area contributed by atoms with Crippen molar-refractivity contribution in [2.45, 2.75) is 24.8 Å². The van der Waals surface area contributed by atoms with E-state index in [1.165, 1.54) is 30.6 Å². The summed E-state index contributed by atoms with van der Waals surface area (Å²) < 4.78 is 27.6. The molecule has 5 nitrogen and oxygen atoms in total. The number of halogens is 2. The maximum Gasteiger partial charge on any atom is 0.261 e. The van der Waals surface area contributed by atoms with Crippen molar-refractivity contribution in [2.75, 3.05) is 6.54 Å². The molecule has 1 saturated carbocycles. The minimum absolute atomic E-state index is 0.135. The van der Waals surface area contributed by atoms with Crippen molar-refractivity contribution in [2.24, 2.45) is 0 Å². The first-order chi connectivity index (χ1) is 13.0. The van der Waals surface area contributed by atoms with E-state index in [0.29, 0.717) is 12.1 Å². The smallest absolute Gasteiger partial charge is 0.261 e. The fourth-order valence-corrected chi connectivity index (χ4v) is 3.24. The second kappa shape index (κ2) is 6.57. The largest absolute Gasteiger partial charge is 0.354 e. The Morgan fingerprint density at radius 3 is 2.52 bits per heavy atom. The van der Waals surface area contributed by atoms with Crippen LogP contribution in [0.2, 0.25) is 0 Å². The number of carbonyl (C=O) groups is 1. The zero-order valence-electron chi connectivity index (χ0n) is 14.4. The predicted molar refractivity (Wildman–Crippen MR) is 96.3 cm³/mol. The number of rotatable bonds is 5. The summed E-state index contributed by atoms with van der Waals surface area (Å²) in [5, 5.41) is 2.97. The molecule has 7 heteroatoms. The molecule has 0 unspecified atom stereocenters. The van der Waals surface area contributed by atoms with Gasteiger partial charge in [0.25, 0.3) is 5.56 Å². The molecule has 1 aliphatic rings. The summed E-state index contributed by atoms with van der Waals surface area (Å²) in [4.78, 5) is 28.8. The molecule has 4 rings (SSSR count). The molecule has 3 aromatic rings. The Morgan fingerprint density at radius 1 is 1.11 bits per heavy atom. The van der Waals surface area contributed by atoms with Crippen LogP contribution in [-0.2, 0) is 16.8 Å². The fourth-order valence-electron chi connectivity index (χ4n) is 3.24. The molecule has 138 valence electrons. The van der Waals surface area contributed by atoms with Crippen molar-refractivity contribution >= 4 is 16.8 Å². The lowest BCUT2D eigenvalue weighted by molar-refractivity contribution is -0.121. The number of carbonyl (C=O) groups excluding carboxylic acids is 1. The van der Waals surface area contributed by atoms with E-state index in [-0.39, 0.29) is 29.1 Å². The van der Waals surface area contributed by atoms with Gasteiger partial charge in [-0.25, -0.2) is 13.8 Å². The lowest BCUT2D eigenvalue weighted by Crippen LogP contribution is -2.36. The van der Waals surface area contributed by atoms with Gasteiger partial charge in [0.15, 0.2) is 0 Å². The van der Waals surface area contributed by atoms with Crippen molar-refractivity contribution in [1.29, 1.82) is 0 Å². The van der Waals surface area contributed by atoms with E-state index >= 15 is 0 Å². The Kier molecular flexibility index (Phi) is 4.22. The first kappa shape index (κ1) is 17.3. The molecule has 1 N–H and O–H groups in total. The highest BCUT2D eigenvalue weighted by Crippen LogP contribution is 2.47. The molecule has 0 bridgehead atoms. The quantitative estimate of drug-likeness (QED) is 0.752. The van der Waals surface area contributed by atoms with Crippen molar-refractivity contribution in [1.82, 2.24) is 14.9 Å². The second-order valence-corrected chi connectivity index (χ2v) is 6.90. The summed E-state index contributed by atoms with van der Waals surface area (Å²) in [5.74, 6) is -1.15. The van der Waals surface area contributed by atoms with Gasteiger partial charge >= 0.3 is 0 Å². The topological polar surface area (TPSA) is 64.0 Å². The highest BCUT2D eigenvalue weighted by molar-refractivity contribution is 5.79. The number of hydrogen-bond acceptors (Lipinski definition) is 3. The van der Waals surface area contributed by atoms with Crippen LogP contribution in [0, 0.1) is 11.6 Å². The van der Waals surface area contributed by atoms with Gasteiger partial charge in [-0.3, -0.25) is 14.2 Å². The van der Waals surface area contributed by atoms with Crippen LogP contribution in [0.25, 0.3) is 10.9 Å². The number of hydrogen-bond donors (Lipinski definition) is 1. The third-order valence-electron chi connectivity index (χ3n) is 5.03. The van der Waals surface area contributed by atoms with Crippen LogP contribution < -0.4 is 10.9 Å². The maximum atomic E-state index is 13.4. The first-order valence-corrected chi connectivity index (χ1v) is 8.64. The minimum atomic E-state index is -0.529. The molecule has 0 radical (unpaired) electrons. The van der Waals surface area contributed by atoms with E-state index in [1.54, 1.807) is 12.1 Å². The van der Waals surface area contributed by atoms with Crippen LogP contribution in [0.1, 0.15) is 18.4 Å². The second-order valence-electron chi connectivity index (χ2n) is 6.90. The van der Waals surface area contributed by atoms with E-state index < -0.39 is 11.4 Å². The highest BCUT2D eigenvalue weighted by atomic mass is 19.1. The van der Waals surface area contributed by atoms with Gasteiger partial charge in [0.1, 0.15) is 18.2 Å². The molecule has 1 aromatic heterocycles. The molecule has 0 saturated heterocycles. The van der Waals surface area contributed by atoms with Crippen LogP contribution in [-0.4, -0.2) is 22.0 Å². The Hall–Kier alpha value is -3.09. The van der Waals surface area contributed by atoms with E-state index in [1.807, 2.05) is 0 Å². The van der Waals surface area contributed by atoms with E-state index in [0.717, 1.165) is 29.0 Å². The molecule has 2 aromatic carbocycles. The lowest BCUT2D eigenvalue weighted by Gasteiger charge is -2.17. The van der Waals surface area contributed by atoms with E-state index in [9.17, 15) is 18.4 Å². The van der Waals surface area contributed by atoms with Gasteiger partial charge < -0.3 is 5.32 Å². The van der Waals surface area contributed by atoms with Crippen LogP contribution >= 0.6 is 0 Å². The summed E-state index contributed by atoms with van der Waals surface area (Å²) in [6.45, 7) is 0.222. The number of nitrogens with one attached hydrogen (secondary N) is 1. The van der Waals surface area contributed by atoms with Gasteiger partial charge in [-0.2, -0.15) is 0 Å². The lowest BCUT2D eigenvalue weighted by atomic mass is 9.96. The van der Waals surface area contributed by atoms with Crippen molar-refractivity contribution in [3.63, 3.8) is 0 Å². The monoisotopic (exact) mass is 369 g/mol. The summed E-state index contributed by atoms with van der Waals surface area (Å²) in [6.07, 6.45) is 3.11. The Balaban J connectivity index is 1.46. The van der Waals surface area contributed by atoms with Gasteiger partial charge in [-0.1, -0.05) is 12.1 Å². The van der Waals surface area contributed by atoms with Crippen molar-refractivity contribution < 1.29 is 13.6 Å². The van der Waals surface area contributed by atoms with Crippen LogP contribution in [0.15, 0.2) is 53.6 Å². The molecule has 1 aliphatic carbocycles. The van der Waals surface area contributed by atoms with Crippen molar-refractivity contribution in [3.8, 4) is 0 Å². The Morgan fingerprint density at radius 2 is 1.81 bits per heavy atom. The third-order valence-corrected chi connectivity index (χ3v) is 5.03. The minimum Gasteiger partial charge on any atom is -0.354 e. The zero-order valence-corrected chi connectivity index (χ0v) is 14.4. The summed E-state index contributed by atoms with van der Waals surface area (Å²) in [6, 6.07) is 10.1. The van der Waals surface area contributed by atoms with Gasteiger partial charge in [-0.15, -0.1) is 0 Å². The number of benzene rings is 2. The number of fused-ring (bicyclic) bond motifs is 1. The van der Waals surface area contributed by atoms with E-state index in [4.69, 9.17) is 0 Å². The third kappa shape index (κ3) is 3.45. The predicted octanol–water partition coefficient (Wildman–Crippen LogP) is 2.52. The maximum absolute atomic E-state index is 13.4. The fraction of sp³-hybridized carbons (Fsp3) is 0.250. The first-order valence-electron chi connectivity index (χ1n) is 8.64. The molecule has 0 aliphatic heterocycles. The van der Waals surface area contributed by atoms with Crippen LogP contribution in [0.3, 0.4) is 0 Å². The number of nitrogens with zero attached hydrogens (tertiary/aromatic N) is 2. The molecule has 1 amide bonds. The zero-order chi connectivity index (χ0) is 19.0. The number of aromatic nitrogens is 2. The average Bonchev–Trinajstić information content (AvgIpc) is 3.45. The summed E-state index contributed by atoms with van der Waals surface area (Å²) in [5.41, 5.74) is 0.740.